The lowest BCUT2D eigenvalue weighted by molar-refractivity contribution is 0.576. The molecule has 0 amide bonds. The molecule has 0 aromatic carbocycles. The molecule has 2 rings (SSSR count). The Morgan fingerprint density at radius 2 is 2.00 bits per heavy atom. The first-order valence-corrected chi connectivity index (χ1v) is 6.02. The van der Waals surface area contributed by atoms with Crippen LogP contribution in [0.5, 0.6) is 0 Å². The van der Waals surface area contributed by atoms with Crippen molar-refractivity contribution >= 4 is 5.95 Å². The van der Waals surface area contributed by atoms with Crippen molar-refractivity contribution in [2.45, 2.75) is 20.3 Å². The van der Waals surface area contributed by atoms with Crippen LogP contribution in [0.4, 0.5) is 5.95 Å². The van der Waals surface area contributed by atoms with E-state index in [0.717, 1.165) is 44.4 Å². The van der Waals surface area contributed by atoms with Crippen LogP contribution in [0.25, 0.3) is 0 Å². The smallest absolute Gasteiger partial charge is 0.245 e. The highest BCUT2D eigenvalue weighted by Gasteiger charge is 2.16. The van der Waals surface area contributed by atoms with E-state index in [1.165, 1.54) is 0 Å². The molecule has 0 spiro atoms. The molecule has 5 heteroatoms. The van der Waals surface area contributed by atoms with E-state index in [1.807, 2.05) is 11.7 Å². The third-order valence-electron chi connectivity index (χ3n) is 2.83. The lowest BCUT2D eigenvalue weighted by atomic mass is 10.1. The van der Waals surface area contributed by atoms with Crippen LogP contribution in [-0.2, 0) is 13.5 Å². The molecule has 16 heavy (non-hydrogen) atoms. The zero-order valence-electron chi connectivity index (χ0n) is 10.4. The zero-order valence-corrected chi connectivity index (χ0v) is 10.4. The Morgan fingerprint density at radius 3 is 2.62 bits per heavy atom. The molecule has 0 saturated carbocycles. The summed E-state index contributed by atoms with van der Waals surface area (Å²) in [6, 6.07) is 0. The first-order chi connectivity index (χ1) is 7.66. The normalized spacial score (nSPS) is 17.1. The van der Waals surface area contributed by atoms with E-state index in [2.05, 4.69) is 34.1 Å². The molecule has 1 aromatic heterocycles. The summed E-state index contributed by atoms with van der Waals surface area (Å²) in [5, 5.41) is 7.83. The van der Waals surface area contributed by atoms with Gasteiger partial charge in [0.15, 0.2) is 0 Å². The molecule has 1 aliphatic rings. The molecule has 0 radical (unpaired) electrons. The molecule has 1 saturated heterocycles. The molecule has 2 heterocycles. The molecule has 1 aliphatic heterocycles. The number of aryl methyl sites for hydroxylation is 1. The zero-order chi connectivity index (χ0) is 11.5. The highest BCUT2D eigenvalue weighted by Crippen LogP contribution is 2.12. The van der Waals surface area contributed by atoms with Crippen molar-refractivity contribution < 1.29 is 0 Å². The minimum atomic E-state index is 0.624. The molecular formula is C11H21N5. The first-order valence-electron chi connectivity index (χ1n) is 6.02. The van der Waals surface area contributed by atoms with Gasteiger partial charge in [0.2, 0.25) is 5.95 Å². The van der Waals surface area contributed by atoms with E-state index >= 15 is 0 Å². The Kier molecular flexibility index (Phi) is 3.43. The SMILES string of the molecule is CC(C)Cc1nc(N2CCNCC2)nn1C. The van der Waals surface area contributed by atoms with Crippen molar-refractivity contribution in [2.24, 2.45) is 13.0 Å². The van der Waals surface area contributed by atoms with Crippen LogP contribution in [0.2, 0.25) is 0 Å². The van der Waals surface area contributed by atoms with Crippen LogP contribution >= 0.6 is 0 Å². The fraction of sp³-hybridized carbons (Fsp3) is 0.818. The monoisotopic (exact) mass is 223 g/mol. The fourth-order valence-corrected chi connectivity index (χ4v) is 1.94. The lowest BCUT2D eigenvalue weighted by Crippen LogP contribution is -2.44. The molecular weight excluding hydrogens is 202 g/mol. The summed E-state index contributed by atoms with van der Waals surface area (Å²) in [5.41, 5.74) is 0. The van der Waals surface area contributed by atoms with Gasteiger partial charge in [-0.2, -0.15) is 4.98 Å². The van der Waals surface area contributed by atoms with Crippen LogP contribution in [0.3, 0.4) is 0 Å². The number of anilines is 1. The van der Waals surface area contributed by atoms with E-state index < -0.39 is 0 Å². The minimum absolute atomic E-state index is 0.624. The molecule has 1 N–H and O–H groups in total. The molecule has 5 nitrogen and oxygen atoms in total. The Labute approximate surface area is 96.8 Å². The highest BCUT2D eigenvalue weighted by molar-refractivity contribution is 5.29. The number of nitrogens with one attached hydrogen (secondary N) is 1. The number of aromatic nitrogens is 3. The van der Waals surface area contributed by atoms with E-state index in [4.69, 9.17) is 0 Å². The van der Waals surface area contributed by atoms with Crippen LogP contribution in [0.15, 0.2) is 0 Å². The van der Waals surface area contributed by atoms with Crippen molar-refractivity contribution in [2.75, 3.05) is 31.1 Å². The number of hydrogen-bond acceptors (Lipinski definition) is 4. The summed E-state index contributed by atoms with van der Waals surface area (Å²) in [4.78, 5) is 6.87. The van der Waals surface area contributed by atoms with Gasteiger partial charge in [0, 0.05) is 39.6 Å². The maximum absolute atomic E-state index is 4.62. The van der Waals surface area contributed by atoms with E-state index in [0.29, 0.717) is 5.92 Å². The van der Waals surface area contributed by atoms with Gasteiger partial charge >= 0.3 is 0 Å². The average Bonchev–Trinajstić information content (AvgIpc) is 2.61. The summed E-state index contributed by atoms with van der Waals surface area (Å²) in [6.07, 6.45) is 0.996. The number of nitrogens with zero attached hydrogens (tertiary/aromatic N) is 4. The second-order valence-electron chi connectivity index (χ2n) is 4.79. The van der Waals surface area contributed by atoms with E-state index in [9.17, 15) is 0 Å². The molecule has 1 aromatic rings. The standard InChI is InChI=1S/C11H21N5/c1-9(2)8-10-13-11(14-15(10)3)16-6-4-12-5-7-16/h9,12H,4-8H2,1-3H3. The summed E-state index contributed by atoms with van der Waals surface area (Å²) < 4.78 is 1.91. The third kappa shape index (κ3) is 2.52. The predicted molar refractivity (Wildman–Crippen MR) is 64.6 cm³/mol. The van der Waals surface area contributed by atoms with Gasteiger partial charge in [-0.05, 0) is 5.92 Å². The van der Waals surface area contributed by atoms with Crippen molar-refractivity contribution in [3.8, 4) is 0 Å². The van der Waals surface area contributed by atoms with Crippen LogP contribution < -0.4 is 10.2 Å². The average molecular weight is 223 g/mol. The maximum Gasteiger partial charge on any atom is 0.245 e. The summed E-state index contributed by atoms with van der Waals surface area (Å²) in [5.74, 6) is 2.60. The molecule has 0 unspecified atom stereocenters. The Morgan fingerprint density at radius 1 is 1.31 bits per heavy atom. The molecule has 1 fully saturated rings. The Balaban J connectivity index is 2.09. The van der Waals surface area contributed by atoms with E-state index in [1.54, 1.807) is 0 Å². The Hall–Kier alpha value is -1.10. The topological polar surface area (TPSA) is 46.0 Å². The van der Waals surface area contributed by atoms with Crippen molar-refractivity contribution in [1.82, 2.24) is 20.1 Å². The van der Waals surface area contributed by atoms with Crippen LogP contribution in [-0.4, -0.2) is 40.9 Å². The summed E-state index contributed by atoms with van der Waals surface area (Å²) in [7, 11) is 1.98. The second kappa shape index (κ2) is 4.82. The third-order valence-corrected chi connectivity index (χ3v) is 2.83. The molecule has 0 atom stereocenters. The summed E-state index contributed by atoms with van der Waals surface area (Å²) in [6.45, 7) is 8.48. The van der Waals surface area contributed by atoms with Gasteiger partial charge in [0.25, 0.3) is 0 Å². The van der Waals surface area contributed by atoms with Gasteiger partial charge in [-0.15, -0.1) is 5.10 Å². The Bertz CT molecular complexity index is 338. The quantitative estimate of drug-likeness (QED) is 0.807. The van der Waals surface area contributed by atoms with Crippen molar-refractivity contribution in [3.63, 3.8) is 0 Å². The van der Waals surface area contributed by atoms with Gasteiger partial charge in [0.05, 0.1) is 0 Å². The summed E-state index contributed by atoms with van der Waals surface area (Å²) >= 11 is 0. The van der Waals surface area contributed by atoms with Gasteiger partial charge < -0.3 is 10.2 Å². The van der Waals surface area contributed by atoms with Crippen LogP contribution in [0.1, 0.15) is 19.7 Å². The highest BCUT2D eigenvalue weighted by atomic mass is 15.4. The minimum Gasteiger partial charge on any atom is -0.337 e. The second-order valence-corrected chi connectivity index (χ2v) is 4.79. The van der Waals surface area contributed by atoms with Gasteiger partial charge in [-0.3, -0.25) is 4.68 Å². The molecule has 90 valence electrons. The van der Waals surface area contributed by atoms with Crippen LogP contribution in [0, 0.1) is 5.92 Å². The van der Waals surface area contributed by atoms with Gasteiger partial charge in [0.1, 0.15) is 5.82 Å². The van der Waals surface area contributed by atoms with Crippen molar-refractivity contribution in [3.05, 3.63) is 5.82 Å². The first kappa shape index (κ1) is 11.4. The molecule has 0 bridgehead atoms. The fourth-order valence-electron chi connectivity index (χ4n) is 1.94. The van der Waals surface area contributed by atoms with Gasteiger partial charge in [-0.1, -0.05) is 13.8 Å². The van der Waals surface area contributed by atoms with Crippen molar-refractivity contribution in [1.29, 1.82) is 0 Å². The van der Waals surface area contributed by atoms with E-state index in [-0.39, 0.29) is 0 Å². The number of piperazine rings is 1. The molecule has 0 aliphatic carbocycles. The number of hydrogen-bond donors (Lipinski definition) is 1. The largest absolute Gasteiger partial charge is 0.337 e. The van der Waals surface area contributed by atoms with Gasteiger partial charge in [-0.25, -0.2) is 0 Å². The predicted octanol–water partition coefficient (Wildman–Crippen LogP) is 0.423. The lowest BCUT2D eigenvalue weighted by Gasteiger charge is -2.25. The maximum atomic E-state index is 4.62. The number of rotatable bonds is 3.